The number of likely N-dealkylation sites (tertiary alicyclic amines) is 1. The number of hydrogen-bond donors (Lipinski definition) is 1. The summed E-state index contributed by atoms with van der Waals surface area (Å²) in [4.78, 5) is 14.0. The zero-order chi connectivity index (χ0) is 16.2. The fraction of sp³-hybridized carbons (Fsp3) is 0.500. The van der Waals surface area contributed by atoms with Crippen molar-refractivity contribution in [2.24, 2.45) is 0 Å². The van der Waals surface area contributed by atoms with Crippen LogP contribution in [0.3, 0.4) is 0 Å². The van der Waals surface area contributed by atoms with E-state index in [1.807, 2.05) is 51.1 Å². The third-order valence-electron chi connectivity index (χ3n) is 3.60. The summed E-state index contributed by atoms with van der Waals surface area (Å²) < 4.78 is 5.46. The molecule has 0 unspecified atom stereocenters. The Morgan fingerprint density at radius 2 is 2.05 bits per heavy atom. The number of carbonyl (C=O) groups is 1. The van der Waals surface area contributed by atoms with E-state index in [1.54, 1.807) is 4.90 Å². The zero-order valence-electron chi connectivity index (χ0n) is 13.6. The SMILES string of the molecule is CC(C)(C)OC(=O)N1CCC[C@H]1/C=C/c1ccc(CO)cc1. The van der Waals surface area contributed by atoms with Gasteiger partial charge in [0, 0.05) is 6.54 Å². The molecule has 1 N–H and O–H groups in total. The standard InChI is InChI=1S/C18H25NO3/c1-18(2,3)22-17(21)19-12-4-5-16(19)11-10-14-6-8-15(13-20)9-7-14/h6-11,16,20H,4-5,12-13H2,1-3H3/b11-10+/t16-/m0/s1. The number of hydrogen-bond acceptors (Lipinski definition) is 3. The molecule has 1 atom stereocenters. The number of ether oxygens (including phenoxy) is 1. The Balaban J connectivity index is 2.00. The normalized spacial score (nSPS) is 18.9. The van der Waals surface area contributed by atoms with Crippen molar-refractivity contribution >= 4 is 12.2 Å². The molecule has 0 aliphatic carbocycles. The lowest BCUT2D eigenvalue weighted by atomic mass is 10.1. The van der Waals surface area contributed by atoms with Crippen LogP contribution in [0.1, 0.15) is 44.7 Å². The van der Waals surface area contributed by atoms with Crippen molar-refractivity contribution in [3.8, 4) is 0 Å². The summed E-state index contributed by atoms with van der Waals surface area (Å²) in [6.07, 6.45) is 5.80. The average Bonchev–Trinajstić information content (AvgIpc) is 2.92. The number of aliphatic hydroxyl groups excluding tert-OH is 1. The Bertz CT molecular complexity index is 528. The van der Waals surface area contributed by atoms with E-state index >= 15 is 0 Å². The predicted molar refractivity (Wildman–Crippen MR) is 87.4 cm³/mol. The molecule has 120 valence electrons. The van der Waals surface area contributed by atoms with Crippen LogP contribution in [0.2, 0.25) is 0 Å². The van der Waals surface area contributed by atoms with Crippen LogP contribution < -0.4 is 0 Å². The maximum absolute atomic E-state index is 12.2. The molecule has 1 amide bonds. The van der Waals surface area contributed by atoms with Gasteiger partial charge in [-0.25, -0.2) is 4.79 Å². The average molecular weight is 303 g/mol. The molecule has 1 aromatic rings. The van der Waals surface area contributed by atoms with Crippen molar-refractivity contribution in [2.75, 3.05) is 6.54 Å². The number of nitrogens with zero attached hydrogens (tertiary/aromatic N) is 1. The van der Waals surface area contributed by atoms with Crippen molar-refractivity contribution in [3.63, 3.8) is 0 Å². The summed E-state index contributed by atoms with van der Waals surface area (Å²) >= 11 is 0. The minimum Gasteiger partial charge on any atom is -0.444 e. The summed E-state index contributed by atoms with van der Waals surface area (Å²) in [7, 11) is 0. The molecule has 0 bridgehead atoms. The molecule has 0 radical (unpaired) electrons. The summed E-state index contributed by atoms with van der Waals surface area (Å²) in [6, 6.07) is 7.83. The fourth-order valence-corrected chi connectivity index (χ4v) is 2.50. The van der Waals surface area contributed by atoms with Gasteiger partial charge >= 0.3 is 6.09 Å². The molecule has 0 aromatic heterocycles. The molecular weight excluding hydrogens is 278 g/mol. The van der Waals surface area contributed by atoms with Crippen molar-refractivity contribution in [1.29, 1.82) is 0 Å². The quantitative estimate of drug-likeness (QED) is 0.928. The van der Waals surface area contributed by atoms with E-state index in [1.165, 1.54) is 0 Å². The molecule has 1 heterocycles. The van der Waals surface area contributed by atoms with Gasteiger partial charge in [-0.1, -0.05) is 36.4 Å². The Labute approximate surface area is 132 Å². The monoisotopic (exact) mass is 303 g/mol. The Kier molecular flexibility index (Phi) is 5.24. The van der Waals surface area contributed by atoms with Gasteiger partial charge in [-0.15, -0.1) is 0 Å². The van der Waals surface area contributed by atoms with E-state index < -0.39 is 5.60 Å². The van der Waals surface area contributed by atoms with E-state index in [0.717, 1.165) is 30.5 Å². The number of amides is 1. The first-order valence-electron chi connectivity index (χ1n) is 7.77. The van der Waals surface area contributed by atoms with E-state index in [9.17, 15) is 4.79 Å². The maximum atomic E-state index is 12.2. The lowest BCUT2D eigenvalue weighted by Gasteiger charge is -2.27. The summed E-state index contributed by atoms with van der Waals surface area (Å²) in [5, 5.41) is 9.04. The van der Waals surface area contributed by atoms with Crippen molar-refractivity contribution < 1.29 is 14.6 Å². The van der Waals surface area contributed by atoms with Crippen molar-refractivity contribution in [3.05, 3.63) is 41.5 Å². The molecule has 1 aliphatic rings. The van der Waals surface area contributed by atoms with Gasteiger partial charge in [0.05, 0.1) is 12.6 Å². The molecule has 4 nitrogen and oxygen atoms in total. The van der Waals surface area contributed by atoms with Crippen LogP contribution >= 0.6 is 0 Å². The largest absolute Gasteiger partial charge is 0.444 e. The van der Waals surface area contributed by atoms with E-state index in [2.05, 4.69) is 6.08 Å². The third kappa shape index (κ3) is 4.60. The topological polar surface area (TPSA) is 49.8 Å². The second-order valence-electron chi connectivity index (χ2n) is 6.64. The molecule has 22 heavy (non-hydrogen) atoms. The second kappa shape index (κ2) is 6.97. The number of benzene rings is 1. The van der Waals surface area contributed by atoms with Crippen LogP contribution in [0.4, 0.5) is 4.79 Å². The van der Waals surface area contributed by atoms with Crippen LogP contribution in [0, 0.1) is 0 Å². The van der Waals surface area contributed by atoms with Crippen molar-refractivity contribution in [1.82, 2.24) is 4.90 Å². The Morgan fingerprint density at radius 1 is 1.36 bits per heavy atom. The highest BCUT2D eigenvalue weighted by Crippen LogP contribution is 2.22. The first kappa shape index (κ1) is 16.6. The lowest BCUT2D eigenvalue weighted by Crippen LogP contribution is -2.39. The summed E-state index contributed by atoms with van der Waals surface area (Å²) in [5.74, 6) is 0. The number of rotatable bonds is 3. The lowest BCUT2D eigenvalue weighted by molar-refractivity contribution is 0.0256. The highest BCUT2D eigenvalue weighted by atomic mass is 16.6. The molecule has 0 saturated carbocycles. The first-order valence-corrected chi connectivity index (χ1v) is 7.77. The van der Waals surface area contributed by atoms with Crippen molar-refractivity contribution in [2.45, 2.75) is 51.9 Å². The summed E-state index contributed by atoms with van der Waals surface area (Å²) in [6.45, 7) is 6.45. The predicted octanol–water partition coefficient (Wildman–Crippen LogP) is 3.59. The molecule has 4 heteroatoms. The Morgan fingerprint density at radius 3 is 2.64 bits per heavy atom. The second-order valence-corrected chi connectivity index (χ2v) is 6.64. The third-order valence-corrected chi connectivity index (χ3v) is 3.60. The minimum absolute atomic E-state index is 0.0546. The van der Waals surface area contributed by atoms with Gasteiger partial charge in [-0.05, 0) is 44.7 Å². The smallest absolute Gasteiger partial charge is 0.410 e. The Hall–Kier alpha value is -1.81. The van der Waals surface area contributed by atoms with Gasteiger partial charge in [0.15, 0.2) is 0 Å². The van der Waals surface area contributed by atoms with Crippen LogP contribution in [0.5, 0.6) is 0 Å². The first-order chi connectivity index (χ1) is 10.4. The molecular formula is C18H25NO3. The van der Waals surface area contributed by atoms with Gasteiger partial charge in [0.2, 0.25) is 0 Å². The highest BCUT2D eigenvalue weighted by molar-refractivity contribution is 5.69. The molecule has 0 spiro atoms. The van der Waals surface area contributed by atoms with Crippen LogP contribution in [0.25, 0.3) is 6.08 Å². The highest BCUT2D eigenvalue weighted by Gasteiger charge is 2.30. The number of aliphatic hydroxyl groups is 1. The van der Waals surface area contributed by atoms with Gasteiger partial charge < -0.3 is 14.7 Å². The van der Waals surface area contributed by atoms with Crippen LogP contribution in [-0.2, 0) is 11.3 Å². The molecule has 1 aliphatic heterocycles. The molecule has 1 saturated heterocycles. The van der Waals surface area contributed by atoms with Crippen LogP contribution in [0.15, 0.2) is 30.3 Å². The molecule has 2 rings (SSSR count). The van der Waals surface area contributed by atoms with Gasteiger partial charge in [-0.2, -0.15) is 0 Å². The van der Waals surface area contributed by atoms with Gasteiger partial charge in [0.25, 0.3) is 0 Å². The van der Waals surface area contributed by atoms with Crippen LogP contribution in [-0.4, -0.2) is 34.3 Å². The van der Waals surface area contributed by atoms with E-state index in [0.29, 0.717) is 0 Å². The van der Waals surface area contributed by atoms with E-state index in [4.69, 9.17) is 9.84 Å². The summed E-state index contributed by atoms with van der Waals surface area (Å²) in [5.41, 5.74) is 1.50. The van der Waals surface area contributed by atoms with E-state index in [-0.39, 0.29) is 18.7 Å². The number of carbonyl (C=O) groups excluding carboxylic acids is 1. The van der Waals surface area contributed by atoms with Gasteiger partial charge in [0.1, 0.15) is 5.60 Å². The zero-order valence-corrected chi connectivity index (χ0v) is 13.6. The fourth-order valence-electron chi connectivity index (χ4n) is 2.50. The maximum Gasteiger partial charge on any atom is 0.410 e. The minimum atomic E-state index is -0.464. The molecule has 1 aromatic carbocycles. The van der Waals surface area contributed by atoms with Gasteiger partial charge in [-0.3, -0.25) is 0 Å². The molecule has 1 fully saturated rings.